The Morgan fingerprint density at radius 2 is 2.05 bits per heavy atom. The number of amides is 3. The van der Waals surface area contributed by atoms with Gasteiger partial charge in [-0.2, -0.15) is 4.67 Å². The van der Waals surface area contributed by atoms with E-state index in [1.807, 2.05) is 0 Å². The molecule has 4 N–H and O–H groups in total. The van der Waals surface area contributed by atoms with E-state index in [1.54, 1.807) is 18.2 Å². The van der Waals surface area contributed by atoms with Gasteiger partial charge in [-0.25, -0.2) is 10.1 Å². The predicted molar refractivity (Wildman–Crippen MR) is 68.3 cm³/mol. The summed E-state index contributed by atoms with van der Waals surface area (Å²) in [4.78, 5) is 31.5. The second-order valence-electron chi connectivity index (χ2n) is 4.09. The lowest BCUT2D eigenvalue weighted by Gasteiger charge is -2.07. The van der Waals surface area contributed by atoms with Crippen molar-refractivity contribution in [2.45, 2.75) is 6.16 Å². The number of urea groups is 1. The highest BCUT2D eigenvalue weighted by Crippen LogP contribution is 2.44. The van der Waals surface area contributed by atoms with Crippen LogP contribution in [0.25, 0.3) is 6.08 Å². The average molecular weight is 298 g/mol. The number of hydrogen-bond donors (Lipinski definition) is 4. The fourth-order valence-corrected chi connectivity index (χ4v) is 2.41. The van der Waals surface area contributed by atoms with Gasteiger partial charge in [-0.05, 0) is 17.2 Å². The molecule has 1 atom stereocenters. The second kappa shape index (κ2) is 5.56. The first-order valence-corrected chi connectivity index (χ1v) is 7.24. The van der Waals surface area contributed by atoms with E-state index >= 15 is 0 Å². The molecule has 1 fully saturated rings. The molecule has 1 aromatic carbocycles. The maximum Gasteiger partial charge on any atom is 0.359 e. The van der Waals surface area contributed by atoms with Crippen molar-refractivity contribution in [1.29, 1.82) is 0 Å². The summed E-state index contributed by atoms with van der Waals surface area (Å²) in [5.41, 5.74) is 1.06. The molecule has 0 bridgehead atoms. The Morgan fingerprint density at radius 1 is 1.30 bits per heavy atom. The molecule has 20 heavy (non-hydrogen) atoms. The van der Waals surface area contributed by atoms with Crippen molar-refractivity contribution in [2.24, 2.45) is 0 Å². The third kappa shape index (κ3) is 3.52. The monoisotopic (exact) mass is 298 g/mol. The van der Waals surface area contributed by atoms with Crippen molar-refractivity contribution in [1.82, 2.24) is 10.6 Å². The van der Waals surface area contributed by atoms with Gasteiger partial charge >= 0.3 is 13.6 Å². The van der Waals surface area contributed by atoms with Crippen molar-refractivity contribution >= 4 is 25.6 Å². The molecule has 3 amide bonds. The van der Waals surface area contributed by atoms with Crippen molar-refractivity contribution in [3.8, 4) is 0 Å². The van der Waals surface area contributed by atoms with Gasteiger partial charge in [-0.15, -0.1) is 0 Å². The number of carbonyl (C=O) groups excluding carboxylic acids is 2. The van der Waals surface area contributed by atoms with Crippen LogP contribution in [0.1, 0.15) is 11.1 Å². The number of carbonyl (C=O) groups is 2. The smallest absolute Gasteiger partial charge is 0.323 e. The summed E-state index contributed by atoms with van der Waals surface area (Å²) in [6.07, 6.45) is 1.05. The maximum atomic E-state index is 11.3. The third-order valence-corrected chi connectivity index (χ3v) is 3.51. The van der Waals surface area contributed by atoms with Gasteiger partial charge in [0.05, 0.1) is 6.16 Å². The molecule has 0 aliphatic carbocycles. The SMILES string of the molecule is O=C1NC(=O)/C(=C/c2cccc(CP(=O)(O)OO)c2)N1. The summed E-state index contributed by atoms with van der Waals surface area (Å²) in [6.45, 7) is 0. The zero-order valence-corrected chi connectivity index (χ0v) is 11.0. The minimum Gasteiger partial charge on any atom is -0.323 e. The van der Waals surface area contributed by atoms with E-state index in [9.17, 15) is 19.0 Å². The van der Waals surface area contributed by atoms with Crippen molar-refractivity contribution in [2.75, 3.05) is 0 Å². The summed E-state index contributed by atoms with van der Waals surface area (Å²) < 4.78 is 14.8. The van der Waals surface area contributed by atoms with E-state index < -0.39 is 19.5 Å². The predicted octanol–water partition coefficient (Wildman–Crippen LogP) is 1.04. The average Bonchev–Trinajstić information content (AvgIpc) is 2.68. The fraction of sp³-hybridized carbons (Fsp3) is 0.0909. The van der Waals surface area contributed by atoms with Gasteiger partial charge in [0.25, 0.3) is 5.91 Å². The highest BCUT2D eigenvalue weighted by Gasteiger charge is 2.23. The van der Waals surface area contributed by atoms with Crippen LogP contribution in [0.4, 0.5) is 4.79 Å². The summed E-state index contributed by atoms with van der Waals surface area (Å²) in [7, 11) is -4.09. The molecule has 2 rings (SSSR count). The van der Waals surface area contributed by atoms with Crippen LogP contribution in [0.2, 0.25) is 0 Å². The molecular weight excluding hydrogens is 287 g/mol. The van der Waals surface area contributed by atoms with Gasteiger partial charge in [0.1, 0.15) is 5.70 Å². The summed E-state index contributed by atoms with van der Waals surface area (Å²) in [6, 6.07) is 5.75. The van der Waals surface area contributed by atoms with Crippen molar-refractivity contribution < 1.29 is 29.0 Å². The molecular formula is C11H11N2O6P. The van der Waals surface area contributed by atoms with Gasteiger partial charge in [-0.3, -0.25) is 14.7 Å². The molecule has 0 spiro atoms. The number of rotatable bonds is 4. The van der Waals surface area contributed by atoms with Crippen LogP contribution >= 0.6 is 7.60 Å². The van der Waals surface area contributed by atoms with Gasteiger partial charge in [0, 0.05) is 0 Å². The van der Waals surface area contributed by atoms with Crippen LogP contribution < -0.4 is 10.6 Å². The Bertz CT molecular complexity index is 642. The van der Waals surface area contributed by atoms with Crippen molar-refractivity contribution in [3.63, 3.8) is 0 Å². The van der Waals surface area contributed by atoms with Crippen LogP contribution in [0, 0.1) is 0 Å². The number of benzene rings is 1. The molecule has 106 valence electrons. The van der Waals surface area contributed by atoms with Crippen LogP contribution in [0.3, 0.4) is 0 Å². The van der Waals surface area contributed by atoms with Crippen LogP contribution in [0.5, 0.6) is 0 Å². The van der Waals surface area contributed by atoms with E-state index in [-0.39, 0.29) is 11.9 Å². The van der Waals surface area contributed by atoms with Crippen LogP contribution in [-0.2, 0) is 20.2 Å². The molecule has 0 saturated carbocycles. The van der Waals surface area contributed by atoms with E-state index in [0.717, 1.165) is 0 Å². The Kier molecular flexibility index (Phi) is 4.01. The van der Waals surface area contributed by atoms with Gasteiger partial charge in [0.2, 0.25) is 0 Å². The largest absolute Gasteiger partial charge is 0.359 e. The minimum absolute atomic E-state index is 0.0812. The molecule has 1 saturated heterocycles. The fourth-order valence-electron chi connectivity index (χ4n) is 1.69. The molecule has 0 aromatic heterocycles. The Morgan fingerprint density at radius 3 is 2.65 bits per heavy atom. The van der Waals surface area contributed by atoms with Crippen molar-refractivity contribution in [3.05, 3.63) is 41.1 Å². The quantitative estimate of drug-likeness (QED) is 0.216. The van der Waals surface area contributed by atoms with Gasteiger partial charge < -0.3 is 10.2 Å². The lowest BCUT2D eigenvalue weighted by atomic mass is 10.1. The third-order valence-electron chi connectivity index (χ3n) is 2.49. The number of hydrogen-bond acceptors (Lipinski definition) is 5. The first-order chi connectivity index (χ1) is 9.39. The Labute approximate surface area is 113 Å². The Hall–Kier alpha value is -1.99. The molecule has 1 heterocycles. The highest BCUT2D eigenvalue weighted by atomic mass is 31.2. The first-order valence-electron chi connectivity index (χ1n) is 5.47. The molecule has 1 aliphatic rings. The molecule has 1 aromatic rings. The van der Waals surface area contributed by atoms with E-state index in [0.29, 0.717) is 11.1 Å². The minimum atomic E-state index is -4.09. The van der Waals surface area contributed by atoms with Gasteiger partial charge in [-0.1, -0.05) is 24.3 Å². The number of nitrogens with one attached hydrogen (secondary N) is 2. The molecule has 8 nitrogen and oxygen atoms in total. The van der Waals surface area contributed by atoms with Crippen LogP contribution in [0.15, 0.2) is 30.0 Å². The molecule has 9 heteroatoms. The Balaban J connectivity index is 2.23. The number of imide groups is 1. The topological polar surface area (TPSA) is 125 Å². The highest BCUT2D eigenvalue weighted by molar-refractivity contribution is 7.51. The second-order valence-corrected chi connectivity index (χ2v) is 5.84. The molecule has 1 unspecified atom stereocenters. The lowest BCUT2D eigenvalue weighted by Crippen LogP contribution is -2.22. The van der Waals surface area contributed by atoms with E-state index in [4.69, 9.17) is 5.26 Å². The van der Waals surface area contributed by atoms with Gasteiger partial charge in [0.15, 0.2) is 0 Å². The first kappa shape index (κ1) is 14.4. The molecule has 0 radical (unpaired) electrons. The standard InChI is InChI=1S/C11H11N2O6P/c14-10-9(12-11(15)13-10)5-7-2-1-3-8(4-7)6-20(17,18)19-16/h1-5,16H,6H2,(H,17,18)(H2,12,13,14,15)/b9-5-. The summed E-state index contributed by atoms with van der Waals surface area (Å²) in [5.74, 6) is -0.549. The van der Waals surface area contributed by atoms with Crippen LogP contribution in [-0.4, -0.2) is 22.1 Å². The summed E-state index contributed by atoms with van der Waals surface area (Å²) in [5, 5.41) is 12.7. The maximum absolute atomic E-state index is 11.3. The summed E-state index contributed by atoms with van der Waals surface area (Å²) >= 11 is 0. The zero-order chi connectivity index (χ0) is 14.8. The van der Waals surface area contributed by atoms with E-state index in [2.05, 4.69) is 15.3 Å². The normalized spacial score (nSPS) is 19.6. The lowest BCUT2D eigenvalue weighted by molar-refractivity contribution is -0.146. The van der Waals surface area contributed by atoms with E-state index in [1.165, 1.54) is 12.1 Å². The zero-order valence-electron chi connectivity index (χ0n) is 10.1. The molecule has 1 aliphatic heterocycles.